The van der Waals surface area contributed by atoms with Crippen LogP contribution in [0, 0.1) is 0 Å². The molecule has 7 nitrogen and oxygen atoms in total. The van der Waals surface area contributed by atoms with Gasteiger partial charge in [0.05, 0.1) is 20.8 Å². The van der Waals surface area contributed by atoms with Gasteiger partial charge in [0.2, 0.25) is 5.79 Å². The fourth-order valence-corrected chi connectivity index (χ4v) is 4.06. The highest BCUT2D eigenvalue weighted by Crippen LogP contribution is 2.40. The number of fused-ring (bicyclic) bond motifs is 1. The van der Waals surface area contributed by atoms with Gasteiger partial charge in [-0.2, -0.15) is 0 Å². The van der Waals surface area contributed by atoms with Gasteiger partial charge in [-0.25, -0.2) is 4.79 Å². The van der Waals surface area contributed by atoms with E-state index in [1.807, 2.05) is 49.1 Å². The number of amides is 2. The van der Waals surface area contributed by atoms with Gasteiger partial charge < -0.3 is 29.2 Å². The first kappa shape index (κ1) is 21.3. The summed E-state index contributed by atoms with van der Waals surface area (Å²) in [6.07, 6.45) is 1.30. The van der Waals surface area contributed by atoms with Gasteiger partial charge in [0, 0.05) is 37.5 Å². The molecule has 0 radical (unpaired) electrons. The molecule has 0 saturated carbocycles. The predicted octanol–water partition coefficient (Wildman–Crippen LogP) is 4.19. The Bertz CT molecular complexity index is 951. The number of carbonyl (C=O) groups is 1. The molecule has 2 aliphatic rings. The molecule has 2 aliphatic heterocycles. The average molecular weight is 427 g/mol. The number of ether oxygens (including phenoxy) is 4. The molecular weight excluding hydrogens is 396 g/mol. The van der Waals surface area contributed by atoms with Crippen molar-refractivity contribution in [3.05, 3.63) is 42.0 Å². The number of urea groups is 1. The number of benzene rings is 2. The van der Waals surface area contributed by atoms with Crippen molar-refractivity contribution in [2.24, 2.45) is 0 Å². The van der Waals surface area contributed by atoms with E-state index < -0.39 is 5.79 Å². The van der Waals surface area contributed by atoms with Gasteiger partial charge in [0.1, 0.15) is 5.75 Å². The summed E-state index contributed by atoms with van der Waals surface area (Å²) in [5.41, 5.74) is 3.10. The van der Waals surface area contributed by atoms with Crippen LogP contribution in [0.15, 0.2) is 36.4 Å². The van der Waals surface area contributed by atoms with E-state index in [2.05, 4.69) is 11.4 Å². The van der Waals surface area contributed by atoms with E-state index in [4.69, 9.17) is 18.9 Å². The van der Waals surface area contributed by atoms with Gasteiger partial charge in [-0.05, 0) is 49.2 Å². The van der Waals surface area contributed by atoms with Gasteiger partial charge in [0.15, 0.2) is 11.5 Å². The Morgan fingerprint density at radius 3 is 2.39 bits per heavy atom. The van der Waals surface area contributed by atoms with E-state index >= 15 is 0 Å². The Kier molecular flexibility index (Phi) is 5.96. The lowest BCUT2D eigenvalue weighted by Crippen LogP contribution is -2.54. The lowest BCUT2D eigenvalue weighted by atomic mass is 9.99. The first-order valence-corrected chi connectivity index (χ1v) is 10.7. The van der Waals surface area contributed by atoms with Crippen molar-refractivity contribution < 1.29 is 23.7 Å². The number of hydrogen-bond donors (Lipinski definition) is 1. The number of carbonyl (C=O) groups excluding carboxylic acids is 1. The maximum absolute atomic E-state index is 12.3. The maximum Gasteiger partial charge on any atom is 0.317 e. The summed E-state index contributed by atoms with van der Waals surface area (Å²) in [5.74, 6) is 1.58. The monoisotopic (exact) mass is 426 g/mol. The zero-order valence-corrected chi connectivity index (χ0v) is 18.6. The summed E-state index contributed by atoms with van der Waals surface area (Å²) in [6.45, 7) is 5.62. The fraction of sp³-hybridized carbons (Fsp3) is 0.458. The molecule has 0 bridgehead atoms. The number of methoxy groups -OCH3 is 2. The van der Waals surface area contributed by atoms with Gasteiger partial charge in [-0.3, -0.25) is 0 Å². The van der Waals surface area contributed by atoms with Crippen molar-refractivity contribution in [3.8, 4) is 28.4 Å². The molecule has 0 atom stereocenters. The van der Waals surface area contributed by atoms with Gasteiger partial charge >= 0.3 is 6.03 Å². The molecule has 31 heavy (non-hydrogen) atoms. The molecule has 1 fully saturated rings. The van der Waals surface area contributed by atoms with Crippen LogP contribution in [0.3, 0.4) is 0 Å². The van der Waals surface area contributed by atoms with E-state index in [0.717, 1.165) is 22.4 Å². The topological polar surface area (TPSA) is 69.3 Å². The summed E-state index contributed by atoms with van der Waals surface area (Å²) >= 11 is 0. The van der Waals surface area contributed by atoms with Crippen LogP contribution in [0.25, 0.3) is 11.1 Å². The molecule has 0 aromatic heterocycles. The number of piperidine rings is 1. The maximum atomic E-state index is 12.3. The molecule has 1 N–H and O–H groups in total. The summed E-state index contributed by atoms with van der Waals surface area (Å²) < 4.78 is 23.3. The lowest BCUT2D eigenvalue weighted by molar-refractivity contribution is -0.225. The summed E-state index contributed by atoms with van der Waals surface area (Å²) in [7, 11) is 3.26. The van der Waals surface area contributed by atoms with Crippen LogP contribution in [-0.2, 0) is 11.3 Å². The van der Waals surface area contributed by atoms with Gasteiger partial charge in [0.25, 0.3) is 0 Å². The van der Waals surface area contributed by atoms with Crippen LogP contribution in [0.2, 0.25) is 0 Å². The molecule has 2 amide bonds. The first-order valence-electron chi connectivity index (χ1n) is 10.7. The number of hydrogen-bond acceptors (Lipinski definition) is 5. The Morgan fingerprint density at radius 2 is 1.71 bits per heavy atom. The number of likely N-dealkylation sites (tertiary alicyclic amines) is 1. The van der Waals surface area contributed by atoms with Crippen LogP contribution in [-0.4, -0.2) is 50.1 Å². The SMILES string of the molecule is COc1ccc(-c2ccc3c(c2)COC2(CCN(C(=O)NC(C)C)CC2)O3)cc1OC. The summed E-state index contributed by atoms with van der Waals surface area (Å²) in [6, 6.07) is 12.1. The number of nitrogens with one attached hydrogen (secondary N) is 1. The van der Waals surface area contributed by atoms with E-state index in [1.54, 1.807) is 14.2 Å². The van der Waals surface area contributed by atoms with Crippen LogP contribution in [0.1, 0.15) is 32.3 Å². The predicted molar refractivity (Wildman–Crippen MR) is 118 cm³/mol. The van der Waals surface area contributed by atoms with Crippen LogP contribution >= 0.6 is 0 Å². The highest BCUT2D eigenvalue weighted by Gasteiger charge is 2.42. The molecule has 166 valence electrons. The third-order valence-electron chi connectivity index (χ3n) is 5.79. The second-order valence-corrected chi connectivity index (χ2v) is 8.28. The molecule has 2 heterocycles. The zero-order chi connectivity index (χ0) is 22.0. The molecule has 0 unspecified atom stereocenters. The van der Waals surface area contributed by atoms with Crippen LogP contribution in [0.5, 0.6) is 17.2 Å². The van der Waals surface area contributed by atoms with Crippen molar-refractivity contribution in [1.29, 1.82) is 0 Å². The van der Waals surface area contributed by atoms with Crippen molar-refractivity contribution in [1.82, 2.24) is 10.2 Å². The molecule has 1 saturated heterocycles. The average Bonchev–Trinajstić information content (AvgIpc) is 2.78. The standard InChI is InChI=1S/C24H30N2O5/c1-16(2)25-23(27)26-11-9-24(10-12-26)30-15-19-13-17(5-7-20(19)31-24)18-6-8-21(28-3)22(14-18)29-4/h5-8,13-14,16H,9-12,15H2,1-4H3,(H,25,27). The second kappa shape index (κ2) is 8.67. The molecule has 0 aliphatic carbocycles. The zero-order valence-electron chi connectivity index (χ0n) is 18.6. The van der Waals surface area contributed by atoms with E-state index in [-0.39, 0.29) is 12.1 Å². The molecule has 2 aromatic carbocycles. The van der Waals surface area contributed by atoms with Crippen molar-refractivity contribution in [3.63, 3.8) is 0 Å². The van der Waals surface area contributed by atoms with Crippen molar-refractivity contribution in [2.75, 3.05) is 27.3 Å². The minimum absolute atomic E-state index is 0.0272. The quantitative estimate of drug-likeness (QED) is 0.794. The number of rotatable bonds is 4. The Hall–Kier alpha value is -2.93. The summed E-state index contributed by atoms with van der Waals surface area (Å²) in [5, 5.41) is 2.95. The molecule has 2 aromatic rings. The second-order valence-electron chi connectivity index (χ2n) is 8.28. The minimum Gasteiger partial charge on any atom is -0.493 e. The van der Waals surface area contributed by atoms with Gasteiger partial charge in [-0.15, -0.1) is 0 Å². The normalized spacial score (nSPS) is 17.1. The van der Waals surface area contributed by atoms with Crippen molar-refractivity contribution in [2.45, 2.75) is 45.1 Å². The van der Waals surface area contributed by atoms with E-state index in [1.165, 1.54) is 0 Å². The number of nitrogens with zero attached hydrogens (tertiary/aromatic N) is 1. The largest absolute Gasteiger partial charge is 0.493 e. The lowest BCUT2D eigenvalue weighted by Gasteiger charge is -2.44. The van der Waals surface area contributed by atoms with Crippen LogP contribution < -0.4 is 19.5 Å². The third-order valence-corrected chi connectivity index (χ3v) is 5.79. The fourth-order valence-electron chi connectivity index (χ4n) is 4.06. The summed E-state index contributed by atoms with van der Waals surface area (Å²) in [4.78, 5) is 14.1. The first-order chi connectivity index (χ1) is 14.9. The van der Waals surface area contributed by atoms with Crippen molar-refractivity contribution >= 4 is 6.03 Å². The molecule has 1 spiro atoms. The van der Waals surface area contributed by atoms with Gasteiger partial charge in [-0.1, -0.05) is 12.1 Å². The van der Waals surface area contributed by atoms with Crippen LogP contribution in [0.4, 0.5) is 4.79 Å². The minimum atomic E-state index is -0.660. The highest BCUT2D eigenvalue weighted by atomic mass is 16.7. The van der Waals surface area contributed by atoms with E-state index in [0.29, 0.717) is 44.0 Å². The van der Waals surface area contributed by atoms with E-state index in [9.17, 15) is 4.79 Å². The molecular formula is C24H30N2O5. The Labute approximate surface area is 183 Å². The Morgan fingerprint density at radius 1 is 1.03 bits per heavy atom. The molecule has 4 rings (SSSR count). The third kappa shape index (κ3) is 4.42. The smallest absolute Gasteiger partial charge is 0.317 e. The Balaban J connectivity index is 1.46. The highest BCUT2D eigenvalue weighted by molar-refractivity contribution is 5.74. The molecule has 7 heteroatoms.